The summed E-state index contributed by atoms with van der Waals surface area (Å²) < 4.78 is 13.5. The first-order valence-electron chi connectivity index (χ1n) is 5.44. The third-order valence-corrected chi connectivity index (χ3v) is 2.65. The normalized spacial score (nSPS) is 10.6. The number of benzene rings is 2. The highest BCUT2D eigenvalue weighted by atomic mass is 19.1. The standard InChI is InChI=1S/C14H13FO/c1-2-5-14(16)12-8-3-7-11-10(12)6-4-9-13(11)15/h3-4,6-9H,2,5H2,1H3. The molecule has 0 aliphatic carbocycles. The van der Waals surface area contributed by atoms with E-state index in [1.54, 1.807) is 30.3 Å². The summed E-state index contributed by atoms with van der Waals surface area (Å²) in [7, 11) is 0. The van der Waals surface area contributed by atoms with Gasteiger partial charge in [0.2, 0.25) is 0 Å². The van der Waals surface area contributed by atoms with Gasteiger partial charge in [-0.2, -0.15) is 0 Å². The number of ketones is 1. The fourth-order valence-electron chi connectivity index (χ4n) is 1.88. The van der Waals surface area contributed by atoms with E-state index in [-0.39, 0.29) is 11.6 Å². The van der Waals surface area contributed by atoms with Gasteiger partial charge in [-0.05, 0) is 17.9 Å². The molecule has 0 saturated heterocycles. The summed E-state index contributed by atoms with van der Waals surface area (Å²) in [4.78, 5) is 11.8. The molecule has 0 amide bonds. The van der Waals surface area contributed by atoms with Crippen molar-refractivity contribution in [3.05, 3.63) is 47.8 Å². The van der Waals surface area contributed by atoms with E-state index in [2.05, 4.69) is 0 Å². The van der Waals surface area contributed by atoms with Crippen LogP contribution in [0.15, 0.2) is 36.4 Å². The van der Waals surface area contributed by atoms with Crippen LogP contribution in [0.4, 0.5) is 4.39 Å². The van der Waals surface area contributed by atoms with Crippen molar-refractivity contribution in [3.8, 4) is 0 Å². The summed E-state index contributed by atoms with van der Waals surface area (Å²) >= 11 is 0. The van der Waals surface area contributed by atoms with Gasteiger partial charge < -0.3 is 0 Å². The number of fused-ring (bicyclic) bond motifs is 1. The fourth-order valence-corrected chi connectivity index (χ4v) is 1.88. The van der Waals surface area contributed by atoms with Crippen LogP contribution in [-0.2, 0) is 0 Å². The van der Waals surface area contributed by atoms with Crippen molar-refractivity contribution in [2.24, 2.45) is 0 Å². The van der Waals surface area contributed by atoms with Crippen LogP contribution in [0.25, 0.3) is 10.8 Å². The molecule has 2 aromatic carbocycles. The van der Waals surface area contributed by atoms with Crippen LogP contribution < -0.4 is 0 Å². The second-order valence-electron chi connectivity index (χ2n) is 3.81. The number of carbonyl (C=O) groups excluding carboxylic acids is 1. The monoisotopic (exact) mass is 216 g/mol. The Morgan fingerprint density at radius 3 is 2.56 bits per heavy atom. The molecule has 2 heteroatoms. The molecule has 0 N–H and O–H groups in total. The largest absolute Gasteiger partial charge is 0.294 e. The van der Waals surface area contributed by atoms with Gasteiger partial charge in [0, 0.05) is 17.4 Å². The van der Waals surface area contributed by atoms with Crippen LogP contribution in [-0.4, -0.2) is 5.78 Å². The number of hydrogen-bond acceptors (Lipinski definition) is 1. The van der Waals surface area contributed by atoms with Crippen molar-refractivity contribution in [2.75, 3.05) is 0 Å². The van der Waals surface area contributed by atoms with E-state index in [1.165, 1.54) is 6.07 Å². The Labute approximate surface area is 93.9 Å². The Morgan fingerprint density at radius 2 is 1.81 bits per heavy atom. The van der Waals surface area contributed by atoms with E-state index in [0.717, 1.165) is 6.42 Å². The average Bonchev–Trinajstić information content (AvgIpc) is 2.29. The Morgan fingerprint density at radius 1 is 1.12 bits per heavy atom. The first-order chi connectivity index (χ1) is 7.74. The van der Waals surface area contributed by atoms with Crippen LogP contribution >= 0.6 is 0 Å². The SMILES string of the molecule is CCCC(=O)c1cccc2c(F)cccc12. The fraction of sp³-hybridized carbons (Fsp3) is 0.214. The lowest BCUT2D eigenvalue weighted by molar-refractivity contribution is 0.0983. The summed E-state index contributed by atoms with van der Waals surface area (Å²) in [5.41, 5.74) is 0.624. The Bertz CT molecular complexity index is 531. The average molecular weight is 216 g/mol. The molecule has 0 radical (unpaired) electrons. The summed E-state index contributed by atoms with van der Waals surface area (Å²) in [6.45, 7) is 1.96. The zero-order valence-electron chi connectivity index (χ0n) is 9.16. The lowest BCUT2D eigenvalue weighted by Gasteiger charge is -2.05. The van der Waals surface area contributed by atoms with E-state index in [1.807, 2.05) is 6.92 Å². The van der Waals surface area contributed by atoms with Gasteiger partial charge in [-0.3, -0.25) is 4.79 Å². The molecular formula is C14H13FO. The van der Waals surface area contributed by atoms with E-state index >= 15 is 0 Å². The van der Waals surface area contributed by atoms with Gasteiger partial charge in [-0.15, -0.1) is 0 Å². The minimum Gasteiger partial charge on any atom is -0.294 e. The van der Waals surface area contributed by atoms with Crippen LogP contribution in [0.2, 0.25) is 0 Å². The van der Waals surface area contributed by atoms with E-state index in [9.17, 15) is 9.18 Å². The number of Topliss-reactive ketones (excluding diaryl/α,β-unsaturated/α-hetero) is 1. The third-order valence-electron chi connectivity index (χ3n) is 2.65. The Balaban J connectivity index is 2.62. The Hall–Kier alpha value is -1.70. The molecule has 0 atom stereocenters. The number of halogens is 1. The molecule has 0 heterocycles. The molecule has 2 aromatic rings. The molecule has 16 heavy (non-hydrogen) atoms. The molecule has 1 nitrogen and oxygen atoms in total. The van der Waals surface area contributed by atoms with Crippen LogP contribution in [0.3, 0.4) is 0 Å². The lowest BCUT2D eigenvalue weighted by Crippen LogP contribution is -1.99. The maximum absolute atomic E-state index is 13.5. The van der Waals surface area contributed by atoms with Crippen LogP contribution in [0.1, 0.15) is 30.1 Å². The maximum atomic E-state index is 13.5. The zero-order chi connectivity index (χ0) is 11.5. The van der Waals surface area contributed by atoms with Gasteiger partial charge in [0.1, 0.15) is 5.82 Å². The quantitative estimate of drug-likeness (QED) is 0.710. The summed E-state index contributed by atoms with van der Waals surface area (Å²) in [5, 5.41) is 1.23. The highest BCUT2D eigenvalue weighted by molar-refractivity contribution is 6.08. The predicted molar refractivity (Wildman–Crippen MR) is 63.1 cm³/mol. The maximum Gasteiger partial charge on any atom is 0.163 e. The Kier molecular flexibility index (Phi) is 3.00. The molecule has 0 aliphatic heterocycles. The molecular weight excluding hydrogens is 203 g/mol. The van der Waals surface area contributed by atoms with Crippen molar-refractivity contribution >= 4 is 16.6 Å². The minimum atomic E-state index is -0.274. The van der Waals surface area contributed by atoms with Gasteiger partial charge in [-0.25, -0.2) is 4.39 Å². The van der Waals surface area contributed by atoms with Crippen LogP contribution in [0, 0.1) is 5.82 Å². The summed E-state index contributed by atoms with van der Waals surface area (Å²) in [6.07, 6.45) is 1.32. The van der Waals surface area contributed by atoms with Crippen molar-refractivity contribution in [2.45, 2.75) is 19.8 Å². The van der Waals surface area contributed by atoms with E-state index < -0.39 is 0 Å². The molecule has 2 rings (SSSR count). The second kappa shape index (κ2) is 4.44. The second-order valence-corrected chi connectivity index (χ2v) is 3.81. The molecule has 0 unspecified atom stereocenters. The minimum absolute atomic E-state index is 0.0821. The molecule has 0 aromatic heterocycles. The van der Waals surface area contributed by atoms with Gasteiger partial charge in [0.25, 0.3) is 0 Å². The molecule has 0 spiro atoms. The van der Waals surface area contributed by atoms with Gasteiger partial charge in [-0.1, -0.05) is 37.3 Å². The van der Waals surface area contributed by atoms with E-state index in [4.69, 9.17) is 0 Å². The first kappa shape index (κ1) is 10.8. The lowest BCUT2D eigenvalue weighted by atomic mass is 9.99. The molecule has 0 bridgehead atoms. The smallest absolute Gasteiger partial charge is 0.163 e. The van der Waals surface area contributed by atoms with Crippen molar-refractivity contribution in [1.29, 1.82) is 0 Å². The molecule has 0 fully saturated rings. The number of rotatable bonds is 3. The predicted octanol–water partition coefficient (Wildman–Crippen LogP) is 3.96. The number of hydrogen-bond donors (Lipinski definition) is 0. The topological polar surface area (TPSA) is 17.1 Å². The van der Waals surface area contributed by atoms with E-state index in [0.29, 0.717) is 22.8 Å². The van der Waals surface area contributed by atoms with Gasteiger partial charge >= 0.3 is 0 Å². The van der Waals surface area contributed by atoms with Crippen molar-refractivity contribution in [1.82, 2.24) is 0 Å². The third kappa shape index (κ3) is 1.83. The van der Waals surface area contributed by atoms with Gasteiger partial charge in [0.15, 0.2) is 5.78 Å². The first-order valence-corrected chi connectivity index (χ1v) is 5.44. The number of carbonyl (C=O) groups is 1. The zero-order valence-corrected chi connectivity index (χ0v) is 9.16. The highest BCUT2D eigenvalue weighted by Crippen LogP contribution is 2.22. The summed E-state index contributed by atoms with van der Waals surface area (Å²) in [6, 6.07) is 10.0. The molecule has 0 saturated carbocycles. The molecule has 0 aliphatic rings. The van der Waals surface area contributed by atoms with Gasteiger partial charge in [0.05, 0.1) is 0 Å². The summed E-state index contributed by atoms with van der Waals surface area (Å²) in [5.74, 6) is -0.192. The highest BCUT2D eigenvalue weighted by Gasteiger charge is 2.10. The molecule has 82 valence electrons. The van der Waals surface area contributed by atoms with Crippen molar-refractivity contribution < 1.29 is 9.18 Å². The van der Waals surface area contributed by atoms with Crippen molar-refractivity contribution in [3.63, 3.8) is 0 Å². The van der Waals surface area contributed by atoms with Crippen LogP contribution in [0.5, 0.6) is 0 Å².